The smallest absolute Gasteiger partial charge is 0.308 e. The summed E-state index contributed by atoms with van der Waals surface area (Å²) in [7, 11) is 1.67. The third kappa shape index (κ3) is 3.18. The Labute approximate surface area is 173 Å². The zero-order valence-corrected chi connectivity index (χ0v) is 16.6. The number of aryl methyl sites for hydroxylation is 1. The van der Waals surface area contributed by atoms with Crippen LogP contribution in [0.1, 0.15) is 12.8 Å². The molecule has 0 unspecified atom stereocenters. The molecular weight excluding hydrogens is 378 g/mol. The maximum absolute atomic E-state index is 13.2. The minimum atomic E-state index is -0.276. The molecule has 1 fully saturated rings. The Bertz CT molecular complexity index is 1270. The van der Waals surface area contributed by atoms with Crippen LogP contribution in [0.4, 0.5) is 5.69 Å². The summed E-state index contributed by atoms with van der Waals surface area (Å²) in [4.78, 5) is 36.9. The van der Waals surface area contributed by atoms with Gasteiger partial charge in [0.1, 0.15) is 12.1 Å². The van der Waals surface area contributed by atoms with E-state index in [1.165, 1.54) is 9.13 Å². The van der Waals surface area contributed by atoms with Gasteiger partial charge in [-0.2, -0.15) is 0 Å². The van der Waals surface area contributed by atoms with Crippen LogP contribution in [-0.2, 0) is 18.4 Å². The Kier molecular flexibility index (Phi) is 4.43. The lowest BCUT2D eigenvalue weighted by molar-refractivity contribution is -0.119. The fraction of sp³-hybridized carbons (Fsp3) is 0.217. The third-order valence-corrected chi connectivity index (χ3v) is 5.42. The summed E-state index contributed by atoms with van der Waals surface area (Å²) in [6.45, 7) is -0.0460. The monoisotopic (exact) mass is 399 g/mol. The maximum atomic E-state index is 13.2. The second kappa shape index (κ2) is 7.26. The van der Waals surface area contributed by atoms with Crippen LogP contribution in [0.25, 0.3) is 22.6 Å². The number of aromatic nitrogens is 4. The van der Waals surface area contributed by atoms with Crippen molar-refractivity contribution >= 4 is 22.8 Å². The number of anilines is 1. The lowest BCUT2D eigenvalue weighted by atomic mass is 10.2. The normalized spacial score (nSPS) is 13.5. The molecule has 150 valence electrons. The number of nitrogens with zero attached hydrogens (tertiary/aromatic N) is 5. The first-order valence-corrected chi connectivity index (χ1v) is 9.98. The predicted octanol–water partition coefficient (Wildman–Crippen LogP) is 2.99. The van der Waals surface area contributed by atoms with Crippen molar-refractivity contribution in [3.63, 3.8) is 0 Å². The molecule has 5 rings (SSSR count). The number of fused-ring (bicyclic) bond motifs is 1. The summed E-state index contributed by atoms with van der Waals surface area (Å²) in [5, 5.41) is 0. The highest BCUT2D eigenvalue weighted by molar-refractivity contribution is 5.95. The van der Waals surface area contributed by atoms with Crippen LogP contribution in [-0.4, -0.2) is 31.1 Å². The summed E-state index contributed by atoms with van der Waals surface area (Å²) < 4.78 is 2.94. The van der Waals surface area contributed by atoms with E-state index in [4.69, 9.17) is 0 Å². The molecule has 2 aromatic carbocycles. The van der Waals surface area contributed by atoms with Crippen molar-refractivity contribution in [2.45, 2.75) is 25.4 Å². The molecule has 2 heterocycles. The summed E-state index contributed by atoms with van der Waals surface area (Å²) >= 11 is 0. The number of benzene rings is 2. The molecule has 0 atom stereocenters. The molecule has 7 heteroatoms. The van der Waals surface area contributed by atoms with Crippen molar-refractivity contribution in [3.8, 4) is 11.4 Å². The number of hydrogen-bond donors (Lipinski definition) is 0. The van der Waals surface area contributed by atoms with Gasteiger partial charge in [-0.25, -0.2) is 14.8 Å². The van der Waals surface area contributed by atoms with Crippen molar-refractivity contribution in [2.24, 2.45) is 7.05 Å². The van der Waals surface area contributed by atoms with Gasteiger partial charge in [-0.3, -0.25) is 13.9 Å². The maximum Gasteiger partial charge on any atom is 0.330 e. The molecule has 1 saturated carbocycles. The molecule has 0 bridgehead atoms. The van der Waals surface area contributed by atoms with Crippen LogP contribution in [0, 0.1) is 0 Å². The van der Waals surface area contributed by atoms with Crippen LogP contribution >= 0.6 is 0 Å². The Morgan fingerprint density at radius 2 is 1.73 bits per heavy atom. The Morgan fingerprint density at radius 3 is 2.40 bits per heavy atom. The van der Waals surface area contributed by atoms with Crippen LogP contribution < -0.4 is 10.6 Å². The zero-order chi connectivity index (χ0) is 20.7. The van der Waals surface area contributed by atoms with Gasteiger partial charge < -0.3 is 4.90 Å². The Balaban J connectivity index is 1.52. The highest BCUT2D eigenvalue weighted by Gasteiger charge is 2.34. The number of para-hydroxylation sites is 1. The molecule has 7 nitrogen and oxygen atoms in total. The lowest BCUT2D eigenvalue weighted by Gasteiger charge is -2.22. The quantitative estimate of drug-likeness (QED) is 0.517. The highest BCUT2D eigenvalue weighted by Crippen LogP contribution is 2.32. The van der Waals surface area contributed by atoms with Crippen molar-refractivity contribution in [3.05, 3.63) is 77.3 Å². The van der Waals surface area contributed by atoms with E-state index in [0.29, 0.717) is 17.0 Å². The van der Waals surface area contributed by atoms with Crippen LogP contribution in [0.15, 0.2) is 71.7 Å². The molecule has 0 spiro atoms. The van der Waals surface area contributed by atoms with E-state index in [9.17, 15) is 9.59 Å². The molecule has 30 heavy (non-hydrogen) atoms. The first kappa shape index (κ1) is 18.3. The van der Waals surface area contributed by atoms with E-state index < -0.39 is 0 Å². The van der Waals surface area contributed by atoms with Crippen LogP contribution in [0.5, 0.6) is 0 Å². The molecule has 0 N–H and O–H groups in total. The van der Waals surface area contributed by atoms with E-state index in [-0.39, 0.29) is 24.2 Å². The van der Waals surface area contributed by atoms with Crippen LogP contribution in [0.2, 0.25) is 0 Å². The summed E-state index contributed by atoms with van der Waals surface area (Å²) in [6.07, 6.45) is 3.59. The van der Waals surface area contributed by atoms with E-state index in [1.807, 2.05) is 65.6 Å². The predicted molar refractivity (Wildman–Crippen MR) is 115 cm³/mol. The third-order valence-electron chi connectivity index (χ3n) is 5.42. The SMILES string of the molecule is Cn1c(=O)n(CC(=O)N(c2ccccc2)C2CC2)c2cnc(-c3ccccc3)nc21. The number of amides is 1. The topological polar surface area (TPSA) is 73.0 Å². The van der Waals surface area contributed by atoms with Gasteiger partial charge >= 0.3 is 5.69 Å². The first-order chi connectivity index (χ1) is 14.6. The number of carbonyl (C=O) groups excluding carboxylic acids is 1. The van der Waals surface area contributed by atoms with E-state index in [0.717, 1.165) is 24.1 Å². The second-order valence-corrected chi connectivity index (χ2v) is 7.53. The average Bonchev–Trinajstić information content (AvgIpc) is 3.59. The minimum Gasteiger partial charge on any atom is -0.308 e. The van der Waals surface area contributed by atoms with Crippen LogP contribution in [0.3, 0.4) is 0 Å². The number of carbonyl (C=O) groups is 1. The fourth-order valence-corrected chi connectivity index (χ4v) is 3.75. The van der Waals surface area contributed by atoms with Crippen molar-refractivity contribution in [2.75, 3.05) is 4.90 Å². The fourth-order valence-electron chi connectivity index (χ4n) is 3.75. The average molecular weight is 399 g/mol. The van der Waals surface area contributed by atoms with E-state index in [1.54, 1.807) is 13.2 Å². The van der Waals surface area contributed by atoms with Gasteiger partial charge in [0.2, 0.25) is 5.91 Å². The van der Waals surface area contributed by atoms with Gasteiger partial charge in [0.15, 0.2) is 11.5 Å². The van der Waals surface area contributed by atoms with Crippen molar-refractivity contribution in [1.29, 1.82) is 0 Å². The summed E-state index contributed by atoms with van der Waals surface area (Å²) in [6, 6.07) is 19.4. The lowest BCUT2D eigenvalue weighted by Crippen LogP contribution is -2.38. The van der Waals surface area contributed by atoms with Gasteiger partial charge in [-0.1, -0.05) is 48.5 Å². The molecule has 0 saturated heterocycles. The van der Waals surface area contributed by atoms with E-state index in [2.05, 4.69) is 9.97 Å². The molecule has 4 aromatic rings. The van der Waals surface area contributed by atoms with Gasteiger partial charge in [-0.05, 0) is 25.0 Å². The number of hydrogen-bond acceptors (Lipinski definition) is 4. The van der Waals surface area contributed by atoms with Gasteiger partial charge in [-0.15, -0.1) is 0 Å². The molecule has 0 radical (unpaired) electrons. The summed E-state index contributed by atoms with van der Waals surface area (Å²) in [5.41, 5.74) is 2.53. The minimum absolute atomic E-state index is 0.0460. The Hall–Kier alpha value is -3.74. The molecule has 1 aliphatic carbocycles. The largest absolute Gasteiger partial charge is 0.330 e. The standard InChI is InChI=1S/C23H21N5O2/c1-26-22-19(14-24-21(25-22)16-8-4-2-5-9-16)27(23(26)30)15-20(29)28(18-12-13-18)17-10-6-3-7-11-17/h2-11,14,18H,12-13,15H2,1H3. The van der Waals surface area contributed by atoms with Gasteiger partial charge in [0, 0.05) is 24.3 Å². The number of imidazole rings is 1. The van der Waals surface area contributed by atoms with Gasteiger partial charge in [0.05, 0.1) is 6.20 Å². The van der Waals surface area contributed by atoms with Gasteiger partial charge in [0.25, 0.3) is 0 Å². The second-order valence-electron chi connectivity index (χ2n) is 7.53. The molecule has 1 aliphatic rings. The summed E-state index contributed by atoms with van der Waals surface area (Å²) in [5.74, 6) is 0.441. The van der Waals surface area contributed by atoms with Crippen molar-refractivity contribution < 1.29 is 4.79 Å². The Morgan fingerprint density at radius 1 is 1.07 bits per heavy atom. The number of rotatable bonds is 5. The first-order valence-electron chi connectivity index (χ1n) is 9.98. The zero-order valence-electron chi connectivity index (χ0n) is 16.6. The van der Waals surface area contributed by atoms with E-state index >= 15 is 0 Å². The molecule has 2 aromatic heterocycles. The molecular formula is C23H21N5O2. The highest BCUT2D eigenvalue weighted by atomic mass is 16.2. The van der Waals surface area contributed by atoms with Crippen molar-refractivity contribution in [1.82, 2.24) is 19.1 Å². The molecule has 1 amide bonds. The molecule has 0 aliphatic heterocycles.